The molecule has 0 atom stereocenters. The van der Waals surface area contributed by atoms with E-state index in [1.54, 1.807) is 36.4 Å². The van der Waals surface area contributed by atoms with Crippen molar-refractivity contribution in [1.82, 2.24) is 14.5 Å². The van der Waals surface area contributed by atoms with E-state index < -0.39 is 11.2 Å². The molecular formula is C23H21N3O4. The molecule has 0 radical (unpaired) electrons. The number of para-hydroxylation sites is 1. The highest BCUT2D eigenvalue weighted by molar-refractivity contribution is 5.81. The Morgan fingerprint density at radius 1 is 0.900 bits per heavy atom. The van der Waals surface area contributed by atoms with Crippen molar-refractivity contribution in [2.45, 2.75) is 19.5 Å². The molecule has 0 aliphatic carbocycles. The fraction of sp³-hybridized carbons (Fsp3) is 0.174. The van der Waals surface area contributed by atoms with E-state index in [-0.39, 0.29) is 19.0 Å². The molecule has 0 bridgehead atoms. The number of furan rings is 1. The summed E-state index contributed by atoms with van der Waals surface area (Å²) in [5, 5.41) is 3.22. The summed E-state index contributed by atoms with van der Waals surface area (Å²) >= 11 is 0. The van der Waals surface area contributed by atoms with Crippen molar-refractivity contribution in [3.05, 3.63) is 105 Å². The van der Waals surface area contributed by atoms with Crippen molar-refractivity contribution < 1.29 is 9.21 Å². The van der Waals surface area contributed by atoms with Gasteiger partial charge in [-0.25, -0.2) is 4.79 Å². The third-order valence-corrected chi connectivity index (χ3v) is 4.91. The third-order valence-electron chi connectivity index (χ3n) is 4.91. The Morgan fingerprint density at radius 2 is 1.67 bits per heavy atom. The van der Waals surface area contributed by atoms with E-state index in [1.165, 1.54) is 10.8 Å². The Balaban J connectivity index is 1.60. The van der Waals surface area contributed by atoms with Gasteiger partial charge in [0.25, 0.3) is 5.56 Å². The number of hydrogen-bond acceptors (Lipinski definition) is 4. The predicted octanol–water partition coefficient (Wildman–Crippen LogP) is 2.16. The van der Waals surface area contributed by atoms with Gasteiger partial charge in [0.2, 0.25) is 5.91 Å². The van der Waals surface area contributed by atoms with E-state index in [9.17, 15) is 14.4 Å². The molecule has 1 amide bonds. The number of benzene rings is 2. The number of carbonyl (C=O) groups is 1. The zero-order valence-corrected chi connectivity index (χ0v) is 16.3. The smallest absolute Gasteiger partial charge is 0.332 e. The van der Waals surface area contributed by atoms with Crippen LogP contribution >= 0.6 is 0 Å². The minimum atomic E-state index is -0.548. The molecule has 0 fully saturated rings. The van der Waals surface area contributed by atoms with Gasteiger partial charge in [0.1, 0.15) is 12.3 Å². The first-order chi connectivity index (χ1) is 14.6. The molecule has 2 aromatic heterocycles. The maximum absolute atomic E-state index is 13.1. The quantitative estimate of drug-likeness (QED) is 0.512. The van der Waals surface area contributed by atoms with Gasteiger partial charge in [-0.2, -0.15) is 0 Å². The van der Waals surface area contributed by atoms with Gasteiger partial charge in [0.15, 0.2) is 0 Å². The number of nitrogens with zero attached hydrogens (tertiary/aromatic N) is 2. The fourth-order valence-corrected chi connectivity index (χ4v) is 3.41. The van der Waals surface area contributed by atoms with E-state index in [0.29, 0.717) is 29.6 Å². The minimum Gasteiger partial charge on any atom is -0.467 e. The van der Waals surface area contributed by atoms with Gasteiger partial charge in [-0.1, -0.05) is 42.5 Å². The first kappa shape index (κ1) is 19.4. The molecule has 7 heteroatoms. The summed E-state index contributed by atoms with van der Waals surface area (Å²) in [6.07, 6.45) is 2.18. The Bertz CT molecular complexity index is 1270. The Kier molecular flexibility index (Phi) is 5.61. The standard InChI is InChI=1S/C23H21N3O4/c27-21(24-13-12-17-7-2-1-3-8-17)16-25-20-11-5-4-10-19(20)22(28)26(23(25)29)15-18-9-6-14-30-18/h1-11,14H,12-13,15-16H2,(H,24,27). The summed E-state index contributed by atoms with van der Waals surface area (Å²) in [5.41, 5.74) is 0.592. The van der Waals surface area contributed by atoms with Gasteiger partial charge < -0.3 is 9.73 Å². The normalized spacial score (nSPS) is 10.9. The van der Waals surface area contributed by atoms with Crippen LogP contribution in [0.4, 0.5) is 0 Å². The number of amides is 1. The predicted molar refractivity (Wildman–Crippen MR) is 113 cm³/mol. The number of carbonyl (C=O) groups excluding carboxylic acids is 1. The second-order valence-electron chi connectivity index (χ2n) is 6.94. The Labute approximate surface area is 172 Å². The molecule has 0 spiro atoms. The van der Waals surface area contributed by atoms with Crippen LogP contribution in [0.5, 0.6) is 0 Å². The summed E-state index contributed by atoms with van der Waals surface area (Å²) in [5.74, 6) is 0.199. The van der Waals surface area contributed by atoms with Crippen molar-refractivity contribution in [2.75, 3.05) is 6.54 Å². The molecule has 7 nitrogen and oxygen atoms in total. The van der Waals surface area contributed by atoms with Crippen LogP contribution in [-0.4, -0.2) is 21.6 Å². The van der Waals surface area contributed by atoms with Crippen LogP contribution in [0.25, 0.3) is 10.9 Å². The summed E-state index contributed by atoms with van der Waals surface area (Å²) in [6, 6.07) is 20.0. The van der Waals surface area contributed by atoms with Crippen LogP contribution in [0.3, 0.4) is 0 Å². The van der Waals surface area contributed by atoms with E-state index in [0.717, 1.165) is 10.1 Å². The summed E-state index contributed by atoms with van der Waals surface area (Å²) < 4.78 is 7.71. The van der Waals surface area contributed by atoms with Gasteiger partial charge in [-0.3, -0.25) is 18.7 Å². The number of fused-ring (bicyclic) bond motifs is 1. The lowest BCUT2D eigenvalue weighted by molar-refractivity contribution is -0.121. The molecule has 2 aromatic carbocycles. The van der Waals surface area contributed by atoms with E-state index in [2.05, 4.69) is 5.32 Å². The second-order valence-corrected chi connectivity index (χ2v) is 6.94. The monoisotopic (exact) mass is 403 g/mol. The maximum atomic E-state index is 13.1. The average Bonchev–Trinajstić information content (AvgIpc) is 3.28. The number of hydrogen-bond donors (Lipinski definition) is 1. The highest BCUT2D eigenvalue weighted by atomic mass is 16.3. The molecule has 4 aromatic rings. The molecule has 152 valence electrons. The van der Waals surface area contributed by atoms with Crippen LogP contribution in [0, 0.1) is 0 Å². The van der Waals surface area contributed by atoms with Gasteiger partial charge in [-0.15, -0.1) is 0 Å². The van der Waals surface area contributed by atoms with Gasteiger partial charge in [0, 0.05) is 6.54 Å². The van der Waals surface area contributed by atoms with Crippen LogP contribution in [0.1, 0.15) is 11.3 Å². The summed E-state index contributed by atoms with van der Waals surface area (Å²) in [6.45, 7) is 0.291. The Hall–Kier alpha value is -3.87. The Morgan fingerprint density at radius 3 is 2.43 bits per heavy atom. The van der Waals surface area contributed by atoms with Crippen molar-refractivity contribution in [3.63, 3.8) is 0 Å². The zero-order chi connectivity index (χ0) is 20.9. The maximum Gasteiger partial charge on any atom is 0.332 e. The van der Waals surface area contributed by atoms with Gasteiger partial charge >= 0.3 is 5.69 Å². The average molecular weight is 403 g/mol. The van der Waals surface area contributed by atoms with Crippen molar-refractivity contribution in [1.29, 1.82) is 0 Å². The largest absolute Gasteiger partial charge is 0.467 e. The van der Waals surface area contributed by atoms with E-state index in [4.69, 9.17) is 4.42 Å². The number of nitrogens with one attached hydrogen (secondary N) is 1. The van der Waals surface area contributed by atoms with Gasteiger partial charge in [0.05, 0.1) is 23.7 Å². The highest BCUT2D eigenvalue weighted by Crippen LogP contribution is 2.09. The lowest BCUT2D eigenvalue weighted by Crippen LogP contribution is -2.43. The second kappa shape index (κ2) is 8.65. The molecule has 1 N–H and O–H groups in total. The first-order valence-electron chi connectivity index (χ1n) is 9.69. The number of aromatic nitrogens is 2. The van der Waals surface area contributed by atoms with E-state index in [1.807, 2.05) is 30.3 Å². The SMILES string of the molecule is O=C(Cn1c(=O)n(Cc2ccco2)c(=O)c2ccccc21)NCCc1ccccc1. The molecule has 4 rings (SSSR count). The number of rotatable bonds is 7. The zero-order valence-electron chi connectivity index (χ0n) is 16.3. The summed E-state index contributed by atoms with van der Waals surface area (Å²) in [7, 11) is 0. The highest BCUT2D eigenvalue weighted by Gasteiger charge is 2.16. The van der Waals surface area contributed by atoms with Crippen LogP contribution in [-0.2, 0) is 24.3 Å². The molecule has 0 saturated carbocycles. The molecule has 0 aliphatic heterocycles. The van der Waals surface area contributed by atoms with Crippen molar-refractivity contribution >= 4 is 16.8 Å². The van der Waals surface area contributed by atoms with E-state index >= 15 is 0 Å². The lowest BCUT2D eigenvalue weighted by Gasteiger charge is -2.13. The molecule has 30 heavy (non-hydrogen) atoms. The minimum absolute atomic E-state index is 0.00509. The third kappa shape index (κ3) is 4.10. The fourth-order valence-electron chi connectivity index (χ4n) is 3.41. The first-order valence-corrected chi connectivity index (χ1v) is 9.69. The van der Waals surface area contributed by atoms with Crippen molar-refractivity contribution in [3.8, 4) is 0 Å². The van der Waals surface area contributed by atoms with Crippen LogP contribution in [0.15, 0.2) is 87.0 Å². The van der Waals surface area contributed by atoms with Gasteiger partial charge in [-0.05, 0) is 36.2 Å². The topological polar surface area (TPSA) is 86.2 Å². The molecule has 0 saturated heterocycles. The molecule has 2 heterocycles. The summed E-state index contributed by atoms with van der Waals surface area (Å²) in [4.78, 5) is 38.4. The lowest BCUT2D eigenvalue weighted by atomic mass is 10.1. The van der Waals surface area contributed by atoms with Crippen LogP contribution in [0.2, 0.25) is 0 Å². The molecule has 0 aliphatic rings. The molecule has 0 unspecified atom stereocenters. The van der Waals surface area contributed by atoms with Crippen LogP contribution < -0.4 is 16.6 Å². The molecular weight excluding hydrogens is 382 g/mol. The van der Waals surface area contributed by atoms with Crippen molar-refractivity contribution in [2.24, 2.45) is 0 Å².